The van der Waals surface area contributed by atoms with Crippen LogP contribution >= 0.6 is 0 Å². The molecule has 0 N–H and O–H groups in total. The third-order valence-corrected chi connectivity index (χ3v) is 6.81. The topological polar surface area (TPSA) is 88.1 Å². The molecule has 2 fully saturated rings. The molecule has 6 rings (SSSR count). The molecule has 7 nitrogen and oxygen atoms in total. The van der Waals surface area contributed by atoms with E-state index in [2.05, 4.69) is 0 Å². The average molecular weight is 470 g/mol. The number of benzene rings is 3. The Morgan fingerprint density at radius 3 is 2.23 bits per heavy atom. The fourth-order valence-electron chi connectivity index (χ4n) is 5.11. The van der Waals surface area contributed by atoms with E-state index in [1.54, 1.807) is 30.3 Å². The molecule has 2 aliphatic heterocycles. The summed E-state index contributed by atoms with van der Waals surface area (Å²) in [6, 6.07) is 20.2. The van der Waals surface area contributed by atoms with Gasteiger partial charge in [-0.2, -0.15) is 0 Å². The molecule has 2 heterocycles. The Hall–Kier alpha value is -4.13. The Morgan fingerprint density at radius 2 is 1.54 bits per heavy atom. The summed E-state index contributed by atoms with van der Waals surface area (Å²) >= 11 is 0. The molecular weight excluding hydrogens is 448 g/mol. The van der Waals surface area contributed by atoms with Gasteiger partial charge >= 0.3 is 18.2 Å². The Balaban J connectivity index is 1.18. The molecule has 0 radical (unpaired) electrons. The van der Waals surface area contributed by atoms with Crippen molar-refractivity contribution in [3.8, 4) is 11.5 Å². The molecule has 0 unspecified atom stereocenters. The largest absolute Gasteiger partial charge is 0.462 e. The molecule has 1 saturated carbocycles. The maximum absolute atomic E-state index is 12.9. The Bertz CT molecular complexity index is 1300. The van der Waals surface area contributed by atoms with Gasteiger partial charge in [-0.3, -0.25) is 9.59 Å². The molecule has 0 aromatic heterocycles. The van der Waals surface area contributed by atoms with Crippen molar-refractivity contribution < 1.29 is 33.3 Å². The van der Waals surface area contributed by atoms with E-state index in [1.807, 2.05) is 42.5 Å². The van der Waals surface area contributed by atoms with Gasteiger partial charge in [0.05, 0.1) is 12.0 Å². The summed E-state index contributed by atoms with van der Waals surface area (Å²) < 4.78 is 22.7. The van der Waals surface area contributed by atoms with Gasteiger partial charge in [0.15, 0.2) is 11.5 Å². The Labute approximate surface area is 201 Å². The van der Waals surface area contributed by atoms with E-state index in [9.17, 15) is 14.4 Å². The van der Waals surface area contributed by atoms with Gasteiger partial charge in [-0.05, 0) is 41.1 Å². The normalized spacial score (nSPS) is 25.1. The highest BCUT2D eigenvalue weighted by molar-refractivity contribution is 5.94. The number of hydrogen-bond donors (Lipinski definition) is 0. The monoisotopic (exact) mass is 470 g/mol. The van der Waals surface area contributed by atoms with Crippen LogP contribution in [0.5, 0.6) is 11.5 Å². The van der Waals surface area contributed by atoms with E-state index in [4.69, 9.17) is 18.9 Å². The molecule has 4 atom stereocenters. The second kappa shape index (κ2) is 8.58. The number of ketones is 1. The lowest BCUT2D eigenvalue weighted by molar-refractivity contribution is -0.141. The minimum absolute atomic E-state index is 0.159. The first-order valence-corrected chi connectivity index (χ1v) is 11.6. The summed E-state index contributed by atoms with van der Waals surface area (Å²) in [5.41, 5.74) is 0.443. The van der Waals surface area contributed by atoms with E-state index in [0.717, 1.165) is 10.8 Å². The quantitative estimate of drug-likeness (QED) is 0.407. The summed E-state index contributed by atoms with van der Waals surface area (Å²) in [4.78, 5) is 37.4. The van der Waals surface area contributed by atoms with Crippen LogP contribution in [0, 0.1) is 11.8 Å². The number of hydrogen-bond acceptors (Lipinski definition) is 7. The lowest BCUT2D eigenvalue weighted by atomic mass is 9.91. The molecule has 0 bridgehead atoms. The van der Waals surface area contributed by atoms with Crippen molar-refractivity contribution >= 4 is 28.5 Å². The van der Waals surface area contributed by atoms with Gasteiger partial charge in [-0.1, -0.05) is 48.5 Å². The third kappa shape index (κ3) is 4.03. The zero-order chi connectivity index (χ0) is 23.9. The van der Waals surface area contributed by atoms with Gasteiger partial charge in [-0.25, -0.2) is 4.79 Å². The number of ether oxygens (including phenoxy) is 4. The number of carbonyl (C=O) groups excluding carboxylic acids is 3. The summed E-state index contributed by atoms with van der Waals surface area (Å²) in [6.45, 7) is 0. The number of esters is 2. The molecule has 3 aromatic rings. The number of carbonyl (C=O) groups is 3. The van der Waals surface area contributed by atoms with E-state index in [0.29, 0.717) is 23.5 Å². The van der Waals surface area contributed by atoms with Crippen LogP contribution in [0.2, 0.25) is 0 Å². The number of rotatable bonds is 5. The van der Waals surface area contributed by atoms with Gasteiger partial charge < -0.3 is 18.9 Å². The first-order chi connectivity index (χ1) is 17.0. The van der Waals surface area contributed by atoms with Gasteiger partial charge in [0.1, 0.15) is 12.2 Å². The van der Waals surface area contributed by atoms with Crippen LogP contribution in [0.25, 0.3) is 10.8 Å². The van der Waals surface area contributed by atoms with Crippen molar-refractivity contribution in [2.45, 2.75) is 31.3 Å². The standard InChI is InChI=1S/C28H22O7/c29-21(28-34-24-12-17-8-4-5-9-18(17)13-25(24)35-28)11-10-19-20-14-26(30)32-23(20)15-22(19)33-27(31)16-6-2-1-3-7-16/h1-13,19-20,22-23,28H,14-15H2/b11-10+/t19-,20-,22-,23+/m1/s1. The smallest absolute Gasteiger partial charge is 0.338 e. The zero-order valence-corrected chi connectivity index (χ0v) is 18.7. The molecule has 3 aliphatic rings. The molecular formula is C28H22O7. The molecule has 3 aromatic carbocycles. The maximum atomic E-state index is 12.9. The maximum Gasteiger partial charge on any atom is 0.338 e. The van der Waals surface area contributed by atoms with Crippen molar-refractivity contribution in [2.24, 2.45) is 11.8 Å². The van der Waals surface area contributed by atoms with Crippen LogP contribution in [-0.4, -0.2) is 36.2 Å². The van der Waals surface area contributed by atoms with Crippen LogP contribution < -0.4 is 9.47 Å². The van der Waals surface area contributed by atoms with Crippen LogP contribution in [-0.2, 0) is 19.1 Å². The highest BCUT2D eigenvalue weighted by Crippen LogP contribution is 2.44. The molecule has 176 valence electrons. The fraction of sp³-hybridized carbons (Fsp3) is 0.250. The zero-order valence-electron chi connectivity index (χ0n) is 18.7. The molecule has 1 aliphatic carbocycles. The van der Waals surface area contributed by atoms with Crippen molar-refractivity contribution in [2.75, 3.05) is 0 Å². The molecule has 0 spiro atoms. The second-order valence-electron chi connectivity index (χ2n) is 8.99. The predicted octanol–water partition coefficient (Wildman–Crippen LogP) is 4.24. The van der Waals surface area contributed by atoms with E-state index in [1.165, 1.54) is 6.08 Å². The van der Waals surface area contributed by atoms with E-state index >= 15 is 0 Å². The van der Waals surface area contributed by atoms with E-state index in [-0.39, 0.29) is 36.1 Å². The van der Waals surface area contributed by atoms with Crippen LogP contribution in [0.15, 0.2) is 78.9 Å². The third-order valence-electron chi connectivity index (χ3n) is 6.81. The molecule has 1 saturated heterocycles. The molecule has 35 heavy (non-hydrogen) atoms. The molecule has 7 heteroatoms. The van der Waals surface area contributed by atoms with Crippen molar-refractivity contribution in [1.29, 1.82) is 0 Å². The van der Waals surface area contributed by atoms with Crippen molar-refractivity contribution in [1.82, 2.24) is 0 Å². The minimum Gasteiger partial charge on any atom is -0.462 e. The fourth-order valence-corrected chi connectivity index (χ4v) is 5.11. The SMILES string of the molecule is O=C1C[C@@H]2[C@@H](/C=C/C(=O)C3Oc4cc5ccccc5cc4O3)[C@H](OC(=O)c3ccccc3)C[C@@H]2O1. The minimum atomic E-state index is -1.10. The Morgan fingerprint density at radius 1 is 0.886 bits per heavy atom. The highest BCUT2D eigenvalue weighted by atomic mass is 16.7. The van der Waals surface area contributed by atoms with Crippen LogP contribution in [0.1, 0.15) is 23.2 Å². The average Bonchev–Trinajstić information content (AvgIpc) is 3.53. The van der Waals surface area contributed by atoms with Gasteiger partial charge in [0.2, 0.25) is 5.78 Å². The van der Waals surface area contributed by atoms with Gasteiger partial charge in [0.25, 0.3) is 0 Å². The second-order valence-corrected chi connectivity index (χ2v) is 8.99. The first kappa shape index (κ1) is 21.4. The van der Waals surface area contributed by atoms with Gasteiger partial charge in [0, 0.05) is 18.3 Å². The van der Waals surface area contributed by atoms with Gasteiger partial charge in [-0.15, -0.1) is 0 Å². The number of fused-ring (bicyclic) bond motifs is 3. The lowest BCUT2D eigenvalue weighted by Gasteiger charge is -2.20. The molecule has 0 amide bonds. The van der Waals surface area contributed by atoms with Crippen LogP contribution in [0.3, 0.4) is 0 Å². The lowest BCUT2D eigenvalue weighted by Crippen LogP contribution is -2.28. The highest BCUT2D eigenvalue weighted by Gasteiger charge is 2.51. The van der Waals surface area contributed by atoms with Crippen molar-refractivity contribution in [3.63, 3.8) is 0 Å². The first-order valence-electron chi connectivity index (χ1n) is 11.6. The summed E-state index contributed by atoms with van der Waals surface area (Å²) in [5, 5.41) is 1.98. The van der Waals surface area contributed by atoms with Crippen LogP contribution in [0.4, 0.5) is 0 Å². The predicted molar refractivity (Wildman–Crippen MR) is 125 cm³/mol. The summed E-state index contributed by atoms with van der Waals surface area (Å²) in [5.74, 6) is -0.560. The van der Waals surface area contributed by atoms with Crippen molar-refractivity contribution in [3.05, 3.63) is 84.4 Å². The van der Waals surface area contributed by atoms with E-state index < -0.39 is 18.4 Å². The summed E-state index contributed by atoms with van der Waals surface area (Å²) in [6.07, 6.45) is 1.77. The summed E-state index contributed by atoms with van der Waals surface area (Å²) in [7, 11) is 0. The Kier molecular flexibility index (Phi) is 5.25.